The second-order valence-electron chi connectivity index (χ2n) is 4.10. The Hall–Kier alpha value is -0.790. The number of fused-ring (bicyclic) bond motifs is 1. The highest BCUT2D eigenvalue weighted by Gasteiger charge is 2.37. The number of nitrogens with zero attached hydrogens (tertiary/aromatic N) is 1. The molecule has 0 bridgehead atoms. The van der Waals surface area contributed by atoms with Gasteiger partial charge in [0, 0.05) is 18.5 Å². The van der Waals surface area contributed by atoms with Gasteiger partial charge in [0.2, 0.25) is 5.91 Å². The van der Waals surface area contributed by atoms with Crippen LogP contribution in [0.2, 0.25) is 0 Å². The molecule has 0 aromatic carbocycles. The molecule has 72 valence electrons. The van der Waals surface area contributed by atoms with E-state index in [9.17, 15) is 4.79 Å². The molecule has 2 rings (SSSR count). The van der Waals surface area contributed by atoms with E-state index in [-0.39, 0.29) is 0 Å². The van der Waals surface area contributed by atoms with Crippen molar-refractivity contribution < 1.29 is 4.79 Å². The van der Waals surface area contributed by atoms with Crippen molar-refractivity contribution in [2.75, 3.05) is 0 Å². The van der Waals surface area contributed by atoms with Crippen LogP contribution in [-0.2, 0) is 4.79 Å². The normalized spacial score (nSPS) is 33.2. The van der Waals surface area contributed by atoms with Crippen molar-refractivity contribution >= 4 is 5.91 Å². The van der Waals surface area contributed by atoms with Gasteiger partial charge in [-0.1, -0.05) is 6.08 Å². The zero-order chi connectivity index (χ0) is 9.26. The Morgan fingerprint density at radius 3 is 3.08 bits per heavy atom. The molecule has 13 heavy (non-hydrogen) atoms. The van der Waals surface area contributed by atoms with E-state index in [1.54, 1.807) is 0 Å². The standard InChI is InChI=1S/C11H17NO/c1-2-4-9-5-3-6-10-7-8-11(13)12(9)10/h2,9-10H,1,3-8H2/t9-,10+/m0/s1. The van der Waals surface area contributed by atoms with Crippen LogP contribution in [0.15, 0.2) is 12.7 Å². The number of rotatable bonds is 2. The van der Waals surface area contributed by atoms with E-state index in [1.807, 2.05) is 6.08 Å². The topological polar surface area (TPSA) is 20.3 Å². The molecule has 0 aliphatic carbocycles. The van der Waals surface area contributed by atoms with Crippen molar-refractivity contribution in [2.45, 2.75) is 50.6 Å². The third-order valence-electron chi connectivity index (χ3n) is 3.28. The van der Waals surface area contributed by atoms with Gasteiger partial charge in [-0.15, -0.1) is 6.58 Å². The van der Waals surface area contributed by atoms with Crippen LogP contribution >= 0.6 is 0 Å². The number of carbonyl (C=O) groups excluding carboxylic acids is 1. The van der Waals surface area contributed by atoms with Gasteiger partial charge in [-0.25, -0.2) is 0 Å². The van der Waals surface area contributed by atoms with Crippen molar-refractivity contribution in [1.29, 1.82) is 0 Å². The first-order chi connectivity index (χ1) is 6.33. The lowest BCUT2D eigenvalue weighted by atomic mass is 9.95. The van der Waals surface area contributed by atoms with E-state index in [1.165, 1.54) is 19.3 Å². The van der Waals surface area contributed by atoms with Gasteiger partial charge in [-0.3, -0.25) is 4.79 Å². The van der Waals surface area contributed by atoms with Gasteiger partial charge < -0.3 is 4.90 Å². The van der Waals surface area contributed by atoms with Crippen LogP contribution in [0.3, 0.4) is 0 Å². The number of piperidine rings is 1. The van der Waals surface area contributed by atoms with E-state index in [0.717, 1.165) is 19.3 Å². The lowest BCUT2D eigenvalue weighted by Crippen LogP contribution is -2.44. The fourth-order valence-electron chi connectivity index (χ4n) is 2.70. The summed E-state index contributed by atoms with van der Waals surface area (Å²) in [7, 11) is 0. The van der Waals surface area contributed by atoms with Crippen LogP contribution in [-0.4, -0.2) is 22.9 Å². The Bertz CT molecular complexity index is 224. The summed E-state index contributed by atoms with van der Waals surface area (Å²) in [6.45, 7) is 3.76. The van der Waals surface area contributed by atoms with Crippen molar-refractivity contribution in [2.24, 2.45) is 0 Å². The highest BCUT2D eigenvalue weighted by atomic mass is 16.2. The summed E-state index contributed by atoms with van der Waals surface area (Å²) in [5.41, 5.74) is 0. The van der Waals surface area contributed by atoms with Gasteiger partial charge in [0.15, 0.2) is 0 Å². The average Bonchev–Trinajstić information content (AvgIpc) is 2.50. The molecule has 2 nitrogen and oxygen atoms in total. The highest BCUT2D eigenvalue weighted by Crippen LogP contribution is 2.33. The van der Waals surface area contributed by atoms with Crippen LogP contribution in [0.25, 0.3) is 0 Å². The number of hydrogen-bond donors (Lipinski definition) is 0. The second-order valence-corrected chi connectivity index (χ2v) is 4.10. The quantitative estimate of drug-likeness (QED) is 0.594. The molecular formula is C11H17NO. The molecule has 0 spiro atoms. The van der Waals surface area contributed by atoms with E-state index in [4.69, 9.17) is 0 Å². The van der Waals surface area contributed by atoms with Gasteiger partial charge in [0.05, 0.1) is 0 Å². The lowest BCUT2D eigenvalue weighted by Gasteiger charge is -2.37. The number of amides is 1. The number of hydrogen-bond acceptors (Lipinski definition) is 1. The zero-order valence-corrected chi connectivity index (χ0v) is 8.04. The highest BCUT2D eigenvalue weighted by molar-refractivity contribution is 5.79. The van der Waals surface area contributed by atoms with Crippen molar-refractivity contribution in [3.63, 3.8) is 0 Å². The van der Waals surface area contributed by atoms with Crippen molar-refractivity contribution in [3.05, 3.63) is 12.7 Å². The first-order valence-electron chi connectivity index (χ1n) is 5.25. The minimum absolute atomic E-state index is 0.372. The molecule has 2 atom stereocenters. The van der Waals surface area contributed by atoms with Crippen LogP contribution in [0.4, 0.5) is 0 Å². The fourth-order valence-corrected chi connectivity index (χ4v) is 2.70. The van der Waals surface area contributed by atoms with Crippen molar-refractivity contribution in [3.8, 4) is 0 Å². The molecular weight excluding hydrogens is 162 g/mol. The van der Waals surface area contributed by atoms with Crippen molar-refractivity contribution in [1.82, 2.24) is 4.90 Å². The Balaban J connectivity index is 2.09. The molecule has 0 radical (unpaired) electrons. The molecule has 1 amide bonds. The van der Waals surface area contributed by atoms with Gasteiger partial charge in [-0.2, -0.15) is 0 Å². The molecule has 2 aliphatic heterocycles. The molecule has 2 fully saturated rings. The monoisotopic (exact) mass is 179 g/mol. The van der Waals surface area contributed by atoms with E-state index < -0.39 is 0 Å². The van der Waals surface area contributed by atoms with Gasteiger partial charge >= 0.3 is 0 Å². The molecule has 2 aliphatic rings. The fraction of sp³-hybridized carbons (Fsp3) is 0.727. The summed E-state index contributed by atoms with van der Waals surface area (Å²) in [5.74, 6) is 0.372. The minimum Gasteiger partial charge on any atom is -0.336 e. The summed E-state index contributed by atoms with van der Waals surface area (Å²) < 4.78 is 0. The Labute approximate surface area is 79.6 Å². The molecule has 0 N–H and O–H groups in total. The van der Waals surface area contributed by atoms with Crippen LogP contribution in [0.5, 0.6) is 0 Å². The Kier molecular flexibility index (Phi) is 2.38. The third kappa shape index (κ3) is 1.50. The van der Waals surface area contributed by atoms with E-state index >= 15 is 0 Å². The molecule has 2 heterocycles. The largest absolute Gasteiger partial charge is 0.336 e. The summed E-state index contributed by atoms with van der Waals surface area (Å²) >= 11 is 0. The summed E-state index contributed by atoms with van der Waals surface area (Å²) in [4.78, 5) is 13.7. The molecule has 2 saturated heterocycles. The maximum Gasteiger partial charge on any atom is 0.223 e. The molecule has 2 heteroatoms. The minimum atomic E-state index is 0.372. The zero-order valence-electron chi connectivity index (χ0n) is 8.04. The predicted molar refractivity (Wildman–Crippen MR) is 52.3 cm³/mol. The van der Waals surface area contributed by atoms with Crippen LogP contribution in [0, 0.1) is 0 Å². The lowest BCUT2D eigenvalue weighted by molar-refractivity contribution is -0.132. The Morgan fingerprint density at radius 1 is 1.46 bits per heavy atom. The smallest absolute Gasteiger partial charge is 0.223 e. The third-order valence-corrected chi connectivity index (χ3v) is 3.28. The second kappa shape index (κ2) is 3.52. The van der Waals surface area contributed by atoms with Gasteiger partial charge in [0.25, 0.3) is 0 Å². The average molecular weight is 179 g/mol. The van der Waals surface area contributed by atoms with Gasteiger partial charge in [0.1, 0.15) is 0 Å². The molecule has 0 saturated carbocycles. The molecule has 0 aromatic heterocycles. The first kappa shape index (κ1) is 8.79. The summed E-state index contributed by atoms with van der Waals surface area (Å²) in [6, 6.07) is 1.03. The summed E-state index contributed by atoms with van der Waals surface area (Å²) in [5, 5.41) is 0. The number of carbonyl (C=O) groups is 1. The molecule has 0 unspecified atom stereocenters. The predicted octanol–water partition coefficient (Wildman–Crippen LogP) is 2.11. The van der Waals surface area contributed by atoms with Crippen LogP contribution in [0.1, 0.15) is 38.5 Å². The van der Waals surface area contributed by atoms with Crippen LogP contribution < -0.4 is 0 Å². The van der Waals surface area contributed by atoms with E-state index in [0.29, 0.717) is 18.0 Å². The SMILES string of the molecule is C=CC[C@H]1CCC[C@@H]2CCC(=O)N21. The van der Waals surface area contributed by atoms with E-state index in [2.05, 4.69) is 11.5 Å². The Morgan fingerprint density at radius 2 is 2.31 bits per heavy atom. The summed E-state index contributed by atoms with van der Waals surface area (Å²) in [6.07, 6.45) is 8.46. The first-order valence-corrected chi connectivity index (χ1v) is 5.25. The van der Waals surface area contributed by atoms with Gasteiger partial charge in [-0.05, 0) is 32.1 Å². The molecule has 0 aromatic rings. The maximum absolute atomic E-state index is 11.6. The maximum atomic E-state index is 11.6.